The van der Waals surface area contributed by atoms with Crippen LogP contribution in [0.1, 0.15) is 41.5 Å². The summed E-state index contributed by atoms with van der Waals surface area (Å²) in [5, 5.41) is 2.85. The molecule has 11 heteroatoms. The fourth-order valence-electron chi connectivity index (χ4n) is 4.34. The van der Waals surface area contributed by atoms with E-state index in [2.05, 4.69) is 5.32 Å². The van der Waals surface area contributed by atoms with E-state index in [9.17, 15) is 18.0 Å². The van der Waals surface area contributed by atoms with Crippen molar-refractivity contribution in [1.29, 1.82) is 0 Å². The number of piperidine rings is 1. The predicted octanol–water partition coefficient (Wildman–Crippen LogP) is 2.88. The summed E-state index contributed by atoms with van der Waals surface area (Å²) in [7, 11) is 0.688. The van der Waals surface area contributed by atoms with Crippen LogP contribution in [0.5, 0.6) is 11.5 Å². The number of carbonyl (C=O) groups is 2. The number of ether oxygens (including phenoxy) is 3. The van der Waals surface area contributed by atoms with Crippen molar-refractivity contribution >= 4 is 27.6 Å². The first-order valence-corrected chi connectivity index (χ1v) is 12.9. The topological polar surface area (TPSA) is 116 Å². The number of hydrogen-bond acceptors (Lipinski definition) is 7. The Bertz CT molecular complexity index is 1220. The second-order valence-corrected chi connectivity index (χ2v) is 10.3. The van der Waals surface area contributed by atoms with Gasteiger partial charge in [0.05, 0.1) is 26.7 Å². The van der Waals surface area contributed by atoms with Crippen LogP contribution in [0, 0.1) is 19.8 Å². The van der Waals surface area contributed by atoms with Crippen LogP contribution in [0.4, 0.5) is 5.69 Å². The first-order chi connectivity index (χ1) is 16.6. The fourth-order valence-corrected chi connectivity index (χ4v) is 6.34. The van der Waals surface area contributed by atoms with Gasteiger partial charge in [-0.2, -0.15) is 4.31 Å². The molecule has 1 saturated heterocycles. The van der Waals surface area contributed by atoms with E-state index in [4.69, 9.17) is 14.2 Å². The highest BCUT2D eigenvalue weighted by atomic mass is 32.2. The zero-order valence-corrected chi connectivity index (χ0v) is 21.8. The lowest BCUT2D eigenvalue weighted by molar-refractivity contribution is -0.120. The van der Waals surface area contributed by atoms with Crippen molar-refractivity contribution < 1.29 is 32.2 Å². The number of anilines is 1. The van der Waals surface area contributed by atoms with Crippen LogP contribution in [0.15, 0.2) is 23.1 Å². The maximum atomic E-state index is 13.7. The molecule has 1 atom stereocenters. The summed E-state index contributed by atoms with van der Waals surface area (Å²) < 4.78 is 46.1. The molecule has 1 aromatic heterocycles. The number of nitrogens with zero attached hydrogens (tertiary/aromatic N) is 2. The summed E-state index contributed by atoms with van der Waals surface area (Å²) in [6.45, 7) is 5.42. The number of sulfonamides is 1. The molecule has 10 nitrogen and oxygen atoms in total. The fraction of sp³-hybridized carbons (Fsp3) is 0.500. The number of hydrogen-bond donors (Lipinski definition) is 1. The van der Waals surface area contributed by atoms with Crippen molar-refractivity contribution in [3.63, 3.8) is 0 Å². The molecular formula is C24H33N3O7S. The Morgan fingerprint density at radius 1 is 1.11 bits per heavy atom. The lowest BCUT2D eigenvalue weighted by atomic mass is 9.98. The van der Waals surface area contributed by atoms with E-state index in [0.29, 0.717) is 41.4 Å². The van der Waals surface area contributed by atoms with Gasteiger partial charge >= 0.3 is 5.97 Å². The molecular weight excluding hydrogens is 474 g/mol. The summed E-state index contributed by atoms with van der Waals surface area (Å²) in [5.41, 5.74) is 1.53. The van der Waals surface area contributed by atoms with Crippen LogP contribution in [0.3, 0.4) is 0 Å². The van der Waals surface area contributed by atoms with Crippen LogP contribution >= 0.6 is 0 Å². The number of benzene rings is 1. The minimum absolute atomic E-state index is 0.0110. The van der Waals surface area contributed by atoms with Gasteiger partial charge in [-0.1, -0.05) is 0 Å². The molecule has 0 radical (unpaired) electrons. The third-order valence-corrected chi connectivity index (χ3v) is 8.43. The van der Waals surface area contributed by atoms with Crippen LogP contribution in [-0.4, -0.2) is 63.1 Å². The zero-order chi connectivity index (χ0) is 25.9. The molecule has 1 aliphatic heterocycles. The van der Waals surface area contributed by atoms with Gasteiger partial charge in [-0.15, -0.1) is 0 Å². The molecule has 35 heavy (non-hydrogen) atoms. The quantitative estimate of drug-likeness (QED) is 0.546. The number of amides is 1. The molecule has 1 aromatic carbocycles. The Balaban J connectivity index is 1.86. The normalized spacial score (nSPS) is 16.6. The lowest BCUT2D eigenvalue weighted by Gasteiger charge is -2.31. The number of esters is 1. The average molecular weight is 508 g/mol. The number of aromatic nitrogens is 1. The maximum Gasteiger partial charge on any atom is 0.341 e. The molecule has 0 bridgehead atoms. The smallest absolute Gasteiger partial charge is 0.341 e. The average Bonchev–Trinajstić information content (AvgIpc) is 3.08. The molecule has 2 heterocycles. The van der Waals surface area contributed by atoms with Crippen molar-refractivity contribution in [2.45, 2.75) is 38.5 Å². The number of nitrogens with one attached hydrogen (secondary N) is 1. The lowest BCUT2D eigenvalue weighted by Crippen LogP contribution is -2.44. The Labute approximate surface area is 206 Å². The van der Waals surface area contributed by atoms with Crippen molar-refractivity contribution in [1.82, 2.24) is 8.87 Å². The van der Waals surface area contributed by atoms with E-state index in [-0.39, 0.29) is 36.1 Å². The molecule has 2 aromatic rings. The third-order valence-electron chi connectivity index (χ3n) is 6.41. The number of carbonyl (C=O) groups excluding carboxylic acids is 2. The molecule has 0 saturated carbocycles. The zero-order valence-electron chi connectivity index (χ0n) is 21.0. The molecule has 192 valence electrons. The molecule has 3 rings (SSSR count). The molecule has 1 N–H and O–H groups in total. The Hall–Kier alpha value is -3.05. The van der Waals surface area contributed by atoms with Gasteiger partial charge in [-0.05, 0) is 45.7 Å². The highest BCUT2D eigenvalue weighted by molar-refractivity contribution is 7.89. The van der Waals surface area contributed by atoms with E-state index in [1.165, 1.54) is 18.5 Å². The molecule has 1 amide bonds. The van der Waals surface area contributed by atoms with Gasteiger partial charge in [-0.3, -0.25) is 4.79 Å². The van der Waals surface area contributed by atoms with Gasteiger partial charge in [0.25, 0.3) is 0 Å². The molecule has 1 fully saturated rings. The van der Waals surface area contributed by atoms with Crippen LogP contribution in [0.2, 0.25) is 0 Å². The molecule has 1 unspecified atom stereocenters. The number of methoxy groups -OCH3 is 2. The number of rotatable bonds is 8. The maximum absolute atomic E-state index is 13.7. The van der Waals surface area contributed by atoms with Gasteiger partial charge in [0.15, 0.2) is 11.5 Å². The SMILES string of the molecule is CCOC(=O)c1c(S(=O)(=O)N2CCCC(C(=O)Nc3ccc(OC)c(OC)c3)C2)c(C)n(C)c1C. The van der Waals surface area contributed by atoms with Gasteiger partial charge in [0.1, 0.15) is 10.5 Å². The van der Waals surface area contributed by atoms with Gasteiger partial charge < -0.3 is 24.1 Å². The van der Waals surface area contributed by atoms with E-state index >= 15 is 0 Å². The minimum atomic E-state index is -4.05. The summed E-state index contributed by atoms with van der Waals surface area (Å²) in [6, 6.07) is 5.03. The Morgan fingerprint density at radius 3 is 2.43 bits per heavy atom. The van der Waals surface area contributed by atoms with Crippen molar-refractivity contribution in [3.05, 3.63) is 35.2 Å². The largest absolute Gasteiger partial charge is 0.493 e. The highest BCUT2D eigenvalue weighted by Gasteiger charge is 2.39. The molecule has 0 spiro atoms. The van der Waals surface area contributed by atoms with Crippen molar-refractivity contribution in [2.24, 2.45) is 13.0 Å². The van der Waals surface area contributed by atoms with E-state index < -0.39 is 21.9 Å². The minimum Gasteiger partial charge on any atom is -0.493 e. The van der Waals surface area contributed by atoms with Crippen LogP contribution in [0.25, 0.3) is 0 Å². The predicted molar refractivity (Wildman–Crippen MR) is 131 cm³/mol. The third kappa shape index (κ3) is 5.15. The first-order valence-electron chi connectivity index (χ1n) is 11.4. The van der Waals surface area contributed by atoms with Crippen molar-refractivity contribution in [2.75, 3.05) is 39.2 Å². The summed E-state index contributed by atoms with van der Waals surface area (Å²) >= 11 is 0. The van der Waals surface area contributed by atoms with Crippen LogP contribution in [-0.2, 0) is 26.6 Å². The van der Waals surface area contributed by atoms with Gasteiger partial charge in [0, 0.05) is 43.3 Å². The van der Waals surface area contributed by atoms with E-state index in [0.717, 1.165) is 0 Å². The van der Waals surface area contributed by atoms with Crippen LogP contribution < -0.4 is 14.8 Å². The first kappa shape index (κ1) is 26.6. The molecule has 0 aliphatic carbocycles. The summed E-state index contributed by atoms with van der Waals surface area (Å²) in [5.74, 6) is -0.510. The van der Waals surface area contributed by atoms with Gasteiger partial charge in [0.2, 0.25) is 15.9 Å². The highest BCUT2D eigenvalue weighted by Crippen LogP contribution is 2.33. The molecule has 1 aliphatic rings. The monoisotopic (exact) mass is 507 g/mol. The van der Waals surface area contributed by atoms with Crippen molar-refractivity contribution in [3.8, 4) is 11.5 Å². The standard InChI is InChI=1S/C24H33N3O7S/c1-7-34-24(29)21-15(2)26(4)16(3)22(21)35(30,31)27-12-8-9-17(14-27)23(28)25-18-10-11-19(32-5)20(13-18)33-6/h10-11,13,17H,7-9,12,14H2,1-6H3,(H,25,28). The van der Waals surface area contributed by atoms with Gasteiger partial charge in [-0.25, -0.2) is 13.2 Å². The van der Waals surface area contributed by atoms with E-state index in [1.54, 1.807) is 50.6 Å². The second-order valence-electron chi connectivity index (χ2n) is 8.42. The summed E-state index contributed by atoms with van der Waals surface area (Å²) in [4.78, 5) is 25.6. The summed E-state index contributed by atoms with van der Waals surface area (Å²) in [6.07, 6.45) is 1.06. The second kappa shape index (κ2) is 10.7. The Kier molecular flexibility index (Phi) is 8.11. The van der Waals surface area contributed by atoms with E-state index in [1.807, 2.05) is 0 Å². The Morgan fingerprint density at radius 2 is 1.80 bits per heavy atom.